The summed E-state index contributed by atoms with van der Waals surface area (Å²) in [5, 5.41) is 3.10. The summed E-state index contributed by atoms with van der Waals surface area (Å²) in [6.45, 7) is 0.489. The number of nitrogens with two attached hydrogens (primary N) is 1. The highest BCUT2D eigenvalue weighted by atomic mass is 32.2. The number of halogens is 1. The summed E-state index contributed by atoms with van der Waals surface area (Å²) in [5.41, 5.74) is 6.54. The maximum absolute atomic E-state index is 12.9. The molecule has 0 aliphatic carbocycles. The molecule has 0 fully saturated rings. The van der Waals surface area contributed by atoms with Gasteiger partial charge in [0.15, 0.2) is 0 Å². The average molecular weight is 401 g/mol. The molecule has 0 aliphatic rings. The minimum absolute atomic E-state index is 0.144. The Morgan fingerprint density at radius 1 is 1.07 bits per heavy atom. The van der Waals surface area contributed by atoms with E-state index >= 15 is 0 Å². The molecule has 3 N–H and O–H groups in total. The molecule has 0 aliphatic heterocycles. The molecular weight excluding hydrogens is 381 g/mol. The van der Waals surface area contributed by atoms with Crippen LogP contribution in [0.5, 0.6) is 11.5 Å². The topological polar surface area (TPSA) is 95.2 Å². The van der Waals surface area contributed by atoms with Crippen LogP contribution in [-0.4, -0.2) is 34.4 Å². The van der Waals surface area contributed by atoms with Crippen molar-refractivity contribution < 1.29 is 13.9 Å². The predicted octanol–water partition coefficient (Wildman–Crippen LogP) is 3.66. The van der Waals surface area contributed by atoms with E-state index in [1.807, 2.05) is 24.3 Å². The molecule has 0 radical (unpaired) electrons. The van der Waals surface area contributed by atoms with E-state index in [2.05, 4.69) is 20.3 Å². The largest absolute Gasteiger partial charge is 0.495 e. The summed E-state index contributed by atoms with van der Waals surface area (Å²) in [6.07, 6.45) is 0. The monoisotopic (exact) mass is 401 g/mol. The van der Waals surface area contributed by atoms with Gasteiger partial charge in [-0.15, -0.1) is 0 Å². The van der Waals surface area contributed by atoms with E-state index in [0.717, 1.165) is 11.4 Å². The van der Waals surface area contributed by atoms with Gasteiger partial charge in [0.05, 0.1) is 25.2 Å². The number of ether oxygens (including phenoxy) is 2. The second-order valence-electron chi connectivity index (χ2n) is 5.61. The van der Waals surface area contributed by atoms with Gasteiger partial charge in [-0.1, -0.05) is 12.1 Å². The zero-order valence-electron chi connectivity index (χ0n) is 15.3. The van der Waals surface area contributed by atoms with Gasteiger partial charge in [-0.05, 0) is 36.4 Å². The maximum Gasteiger partial charge on any atom is 0.232 e. The Morgan fingerprint density at radius 2 is 1.86 bits per heavy atom. The van der Waals surface area contributed by atoms with Crippen LogP contribution in [0.1, 0.15) is 5.82 Å². The molecule has 0 bridgehead atoms. The van der Waals surface area contributed by atoms with Crippen molar-refractivity contribution in [2.75, 3.05) is 30.5 Å². The minimum atomic E-state index is -0.285. The maximum atomic E-state index is 12.9. The third-order valence-electron chi connectivity index (χ3n) is 3.59. The molecule has 9 heteroatoms. The van der Waals surface area contributed by atoms with Crippen molar-refractivity contribution in [1.29, 1.82) is 0 Å². The molecule has 1 aromatic heterocycles. The van der Waals surface area contributed by atoms with Gasteiger partial charge in [0.1, 0.15) is 23.1 Å². The third kappa shape index (κ3) is 5.71. The first kappa shape index (κ1) is 19.7. The highest BCUT2D eigenvalue weighted by molar-refractivity contribution is 7.98. The van der Waals surface area contributed by atoms with Crippen LogP contribution in [-0.2, 0) is 5.75 Å². The lowest BCUT2D eigenvalue weighted by molar-refractivity contribution is 0.343. The summed E-state index contributed by atoms with van der Waals surface area (Å²) in [6, 6.07) is 13.4. The second kappa shape index (κ2) is 9.75. The summed E-state index contributed by atoms with van der Waals surface area (Å²) in [4.78, 5) is 12.7. The van der Waals surface area contributed by atoms with Crippen molar-refractivity contribution in [3.63, 3.8) is 0 Å². The SMILES string of the molecule is COc1ccccc1Nc1nc(N)nc(CSCCOc2ccc(F)cc2)n1. The minimum Gasteiger partial charge on any atom is -0.495 e. The first-order valence-electron chi connectivity index (χ1n) is 8.50. The van der Waals surface area contributed by atoms with Crippen molar-refractivity contribution in [3.8, 4) is 11.5 Å². The van der Waals surface area contributed by atoms with Crippen LogP contribution in [0.3, 0.4) is 0 Å². The molecule has 0 unspecified atom stereocenters. The molecule has 0 atom stereocenters. The molecule has 0 saturated carbocycles. The van der Waals surface area contributed by atoms with Crippen LogP contribution in [0, 0.1) is 5.82 Å². The van der Waals surface area contributed by atoms with Gasteiger partial charge in [-0.3, -0.25) is 0 Å². The fourth-order valence-corrected chi connectivity index (χ4v) is 3.00. The van der Waals surface area contributed by atoms with Gasteiger partial charge in [-0.25, -0.2) is 4.39 Å². The van der Waals surface area contributed by atoms with Crippen LogP contribution >= 0.6 is 11.8 Å². The highest BCUT2D eigenvalue weighted by Crippen LogP contribution is 2.25. The van der Waals surface area contributed by atoms with Crippen LogP contribution < -0.4 is 20.5 Å². The van der Waals surface area contributed by atoms with Crippen molar-refractivity contribution in [2.45, 2.75) is 5.75 Å². The Morgan fingerprint density at radius 3 is 2.64 bits per heavy atom. The summed E-state index contributed by atoms with van der Waals surface area (Å²) < 4.78 is 23.7. The molecule has 3 aromatic rings. The van der Waals surface area contributed by atoms with E-state index in [1.165, 1.54) is 12.1 Å². The first-order chi connectivity index (χ1) is 13.6. The lowest BCUT2D eigenvalue weighted by Crippen LogP contribution is -2.07. The molecule has 0 spiro atoms. The van der Waals surface area contributed by atoms with E-state index in [-0.39, 0.29) is 11.8 Å². The normalized spacial score (nSPS) is 10.5. The lowest BCUT2D eigenvalue weighted by Gasteiger charge is -2.10. The van der Waals surface area contributed by atoms with Crippen molar-refractivity contribution in [2.24, 2.45) is 0 Å². The van der Waals surface area contributed by atoms with Crippen molar-refractivity contribution in [1.82, 2.24) is 15.0 Å². The number of anilines is 3. The lowest BCUT2D eigenvalue weighted by atomic mass is 10.3. The fraction of sp³-hybridized carbons (Fsp3) is 0.211. The Labute approximate surface area is 166 Å². The van der Waals surface area contributed by atoms with E-state index in [9.17, 15) is 4.39 Å². The number of thioether (sulfide) groups is 1. The Balaban J connectivity index is 1.52. The van der Waals surface area contributed by atoms with Crippen LogP contribution in [0.4, 0.5) is 22.0 Å². The van der Waals surface area contributed by atoms with Crippen molar-refractivity contribution >= 4 is 29.3 Å². The average Bonchev–Trinajstić information content (AvgIpc) is 2.69. The smallest absolute Gasteiger partial charge is 0.232 e. The van der Waals surface area contributed by atoms with E-state index < -0.39 is 0 Å². The molecule has 2 aromatic carbocycles. The molecule has 28 heavy (non-hydrogen) atoms. The quantitative estimate of drug-likeness (QED) is 0.525. The van der Waals surface area contributed by atoms with Gasteiger partial charge in [0.2, 0.25) is 11.9 Å². The van der Waals surface area contributed by atoms with Gasteiger partial charge in [0.25, 0.3) is 0 Å². The number of nitrogens with one attached hydrogen (secondary N) is 1. The number of nitrogen functional groups attached to an aromatic ring is 1. The number of hydrogen-bond donors (Lipinski definition) is 2. The number of para-hydroxylation sites is 2. The second-order valence-corrected chi connectivity index (χ2v) is 6.72. The molecule has 7 nitrogen and oxygen atoms in total. The number of rotatable bonds is 9. The molecular formula is C19H20FN5O2S. The first-order valence-corrected chi connectivity index (χ1v) is 9.66. The summed E-state index contributed by atoms with van der Waals surface area (Å²) in [7, 11) is 1.60. The zero-order valence-corrected chi connectivity index (χ0v) is 16.1. The van der Waals surface area contributed by atoms with Gasteiger partial charge in [0, 0.05) is 5.75 Å². The number of aromatic nitrogens is 3. The fourth-order valence-electron chi connectivity index (χ4n) is 2.34. The van der Waals surface area contributed by atoms with Gasteiger partial charge >= 0.3 is 0 Å². The molecule has 1 heterocycles. The van der Waals surface area contributed by atoms with Crippen molar-refractivity contribution in [3.05, 3.63) is 60.2 Å². The number of nitrogens with zero attached hydrogens (tertiary/aromatic N) is 3. The zero-order chi connectivity index (χ0) is 19.8. The molecule has 146 valence electrons. The van der Waals surface area contributed by atoms with E-state index in [1.54, 1.807) is 31.0 Å². The summed E-state index contributed by atoms with van der Waals surface area (Å²) in [5.74, 6) is 3.37. The van der Waals surface area contributed by atoms with Crippen LogP contribution in [0.2, 0.25) is 0 Å². The Kier molecular flexibility index (Phi) is 6.85. The standard InChI is InChI=1S/C19H20FN5O2S/c1-26-16-5-3-2-4-15(16)22-19-24-17(23-18(21)25-19)12-28-11-10-27-14-8-6-13(20)7-9-14/h2-9H,10-12H2,1H3,(H3,21,22,23,24,25). The van der Waals surface area contributed by atoms with Gasteiger partial charge < -0.3 is 20.5 Å². The van der Waals surface area contributed by atoms with E-state index in [0.29, 0.717) is 35.6 Å². The Bertz CT molecular complexity index is 911. The predicted molar refractivity (Wildman–Crippen MR) is 109 cm³/mol. The Hall–Kier alpha value is -3.07. The highest BCUT2D eigenvalue weighted by Gasteiger charge is 2.08. The molecule has 0 amide bonds. The molecule has 3 rings (SSSR count). The van der Waals surface area contributed by atoms with Crippen LogP contribution in [0.15, 0.2) is 48.5 Å². The van der Waals surface area contributed by atoms with E-state index in [4.69, 9.17) is 15.2 Å². The number of methoxy groups -OCH3 is 1. The summed E-state index contributed by atoms with van der Waals surface area (Å²) >= 11 is 1.60. The third-order valence-corrected chi connectivity index (χ3v) is 4.51. The number of benzene rings is 2. The van der Waals surface area contributed by atoms with Crippen LogP contribution in [0.25, 0.3) is 0 Å². The van der Waals surface area contributed by atoms with Gasteiger partial charge in [-0.2, -0.15) is 26.7 Å². The molecule has 0 saturated heterocycles. The number of hydrogen-bond acceptors (Lipinski definition) is 8.